The van der Waals surface area contributed by atoms with Crippen molar-refractivity contribution in [3.05, 3.63) is 82.4 Å². The zero-order chi connectivity index (χ0) is 25.4. The number of para-hydroxylation sites is 1. The number of imidazole rings is 1. The SMILES string of the molecule is CC[C@H](Nc1ncnc2c1ncn2C1CCCCO1)c1nc2cccc(Cl)c2c(=O)n1-c1ccccc1. The summed E-state index contributed by atoms with van der Waals surface area (Å²) in [5.74, 6) is 1.14. The smallest absolute Gasteiger partial charge is 0.267 e. The van der Waals surface area contributed by atoms with Crippen LogP contribution in [0.25, 0.3) is 27.8 Å². The molecule has 0 bridgehead atoms. The van der Waals surface area contributed by atoms with E-state index < -0.39 is 0 Å². The molecule has 4 heterocycles. The molecule has 0 aliphatic carbocycles. The summed E-state index contributed by atoms with van der Waals surface area (Å²) in [6.07, 6.45) is 6.93. The van der Waals surface area contributed by atoms with Gasteiger partial charge in [-0.3, -0.25) is 13.9 Å². The summed E-state index contributed by atoms with van der Waals surface area (Å²) in [7, 11) is 0. The number of benzene rings is 2. The van der Waals surface area contributed by atoms with Crippen molar-refractivity contribution in [2.75, 3.05) is 11.9 Å². The van der Waals surface area contributed by atoms with E-state index in [0.29, 0.717) is 50.8 Å². The topological polar surface area (TPSA) is 99.8 Å². The Kier molecular flexibility index (Phi) is 6.31. The van der Waals surface area contributed by atoms with E-state index in [-0.39, 0.29) is 17.8 Å². The van der Waals surface area contributed by atoms with E-state index in [1.54, 1.807) is 23.0 Å². The molecule has 5 aromatic rings. The van der Waals surface area contributed by atoms with Gasteiger partial charge in [-0.1, -0.05) is 42.8 Å². The van der Waals surface area contributed by atoms with Crippen LogP contribution in [0, 0.1) is 0 Å². The summed E-state index contributed by atoms with van der Waals surface area (Å²) in [5.41, 5.74) is 2.39. The van der Waals surface area contributed by atoms with E-state index in [2.05, 4.69) is 20.3 Å². The van der Waals surface area contributed by atoms with Gasteiger partial charge in [-0.05, 0) is 49.9 Å². The Labute approximate surface area is 218 Å². The highest BCUT2D eigenvalue weighted by atomic mass is 35.5. The zero-order valence-corrected chi connectivity index (χ0v) is 21.1. The Balaban J connectivity index is 1.47. The monoisotopic (exact) mass is 515 g/mol. The highest BCUT2D eigenvalue weighted by Gasteiger charge is 2.24. The minimum atomic E-state index is -0.342. The van der Waals surface area contributed by atoms with Crippen LogP contribution in [-0.4, -0.2) is 35.7 Å². The summed E-state index contributed by atoms with van der Waals surface area (Å²) >= 11 is 6.44. The maximum absolute atomic E-state index is 13.8. The first-order valence-corrected chi connectivity index (χ1v) is 12.9. The van der Waals surface area contributed by atoms with Gasteiger partial charge < -0.3 is 10.1 Å². The Hall–Kier alpha value is -3.82. The molecule has 1 fully saturated rings. The normalized spacial score (nSPS) is 16.8. The maximum Gasteiger partial charge on any atom is 0.267 e. The van der Waals surface area contributed by atoms with Crippen molar-refractivity contribution in [3.63, 3.8) is 0 Å². The number of ether oxygens (including phenoxy) is 1. The van der Waals surface area contributed by atoms with Gasteiger partial charge in [-0.25, -0.2) is 19.9 Å². The van der Waals surface area contributed by atoms with Crippen molar-refractivity contribution in [1.29, 1.82) is 0 Å². The standard InChI is InChI=1S/C27H26ClN7O2/c1-2-19(32-24-23-26(30-15-29-24)34(16-31-23)21-13-6-7-14-37-21)25-33-20-12-8-11-18(28)22(20)27(36)35(25)17-9-4-3-5-10-17/h3-5,8-12,15-16,19,21H,2,6-7,13-14H2,1H3,(H,29,30,32)/t19-,21?/m0/s1. The molecule has 1 aliphatic heterocycles. The van der Waals surface area contributed by atoms with E-state index in [9.17, 15) is 4.79 Å². The number of rotatable bonds is 6. The Bertz CT molecular complexity index is 1630. The molecule has 3 aromatic heterocycles. The molecule has 0 amide bonds. The highest BCUT2D eigenvalue weighted by molar-refractivity contribution is 6.35. The lowest BCUT2D eigenvalue weighted by atomic mass is 10.1. The minimum absolute atomic E-state index is 0.0846. The van der Waals surface area contributed by atoms with Gasteiger partial charge >= 0.3 is 0 Å². The molecule has 0 saturated carbocycles. The lowest BCUT2D eigenvalue weighted by molar-refractivity contribution is -0.0298. The molecule has 6 rings (SSSR count). The third kappa shape index (κ3) is 4.24. The van der Waals surface area contributed by atoms with Crippen molar-refractivity contribution in [2.45, 2.75) is 44.9 Å². The molecule has 1 N–H and O–H groups in total. The van der Waals surface area contributed by atoms with Gasteiger partial charge in [0.2, 0.25) is 0 Å². The third-order valence-corrected chi connectivity index (χ3v) is 7.06. The van der Waals surface area contributed by atoms with E-state index in [1.165, 1.54) is 6.33 Å². The average Bonchev–Trinajstić information content (AvgIpc) is 3.37. The lowest BCUT2D eigenvalue weighted by Crippen LogP contribution is -2.28. The van der Waals surface area contributed by atoms with E-state index in [4.69, 9.17) is 21.3 Å². The molecule has 0 spiro atoms. The van der Waals surface area contributed by atoms with Gasteiger partial charge in [-0.2, -0.15) is 0 Å². The number of anilines is 1. The second-order valence-corrected chi connectivity index (χ2v) is 9.46. The molecule has 2 atom stereocenters. The first-order chi connectivity index (χ1) is 18.2. The van der Waals surface area contributed by atoms with Crippen LogP contribution in [0.15, 0.2) is 66.0 Å². The zero-order valence-electron chi connectivity index (χ0n) is 20.3. The van der Waals surface area contributed by atoms with E-state index >= 15 is 0 Å². The minimum Gasteiger partial charge on any atom is -0.358 e. The Morgan fingerprint density at radius 2 is 1.97 bits per heavy atom. The van der Waals surface area contributed by atoms with Crippen molar-refractivity contribution in [3.8, 4) is 5.69 Å². The largest absolute Gasteiger partial charge is 0.358 e. The lowest BCUT2D eigenvalue weighted by Gasteiger charge is -2.24. The van der Waals surface area contributed by atoms with Gasteiger partial charge in [0.05, 0.1) is 34.0 Å². The van der Waals surface area contributed by atoms with E-state index in [0.717, 1.165) is 25.9 Å². The number of halogens is 1. The summed E-state index contributed by atoms with van der Waals surface area (Å²) in [6.45, 7) is 2.77. The quantitative estimate of drug-likeness (QED) is 0.321. The fourth-order valence-electron chi connectivity index (χ4n) is 4.89. The van der Waals surface area contributed by atoms with Crippen molar-refractivity contribution < 1.29 is 4.74 Å². The van der Waals surface area contributed by atoms with Crippen LogP contribution in [0.4, 0.5) is 5.82 Å². The molecule has 1 unspecified atom stereocenters. The van der Waals surface area contributed by atoms with Gasteiger partial charge in [0.25, 0.3) is 5.56 Å². The fraction of sp³-hybridized carbons (Fsp3) is 0.296. The number of fused-ring (bicyclic) bond motifs is 2. The molecule has 1 aliphatic rings. The predicted molar refractivity (Wildman–Crippen MR) is 143 cm³/mol. The number of hydrogen-bond donors (Lipinski definition) is 1. The molecule has 1 saturated heterocycles. The van der Waals surface area contributed by atoms with Crippen LogP contribution in [0.2, 0.25) is 5.02 Å². The van der Waals surface area contributed by atoms with Crippen LogP contribution >= 0.6 is 11.6 Å². The highest BCUT2D eigenvalue weighted by Crippen LogP contribution is 2.30. The average molecular weight is 516 g/mol. The molecule has 0 radical (unpaired) electrons. The predicted octanol–water partition coefficient (Wildman–Crippen LogP) is 5.44. The van der Waals surface area contributed by atoms with E-state index in [1.807, 2.05) is 47.9 Å². The van der Waals surface area contributed by atoms with Crippen molar-refractivity contribution >= 4 is 39.5 Å². The molecular weight excluding hydrogens is 490 g/mol. The fourth-order valence-corrected chi connectivity index (χ4v) is 5.14. The van der Waals surface area contributed by atoms with Crippen molar-refractivity contribution in [1.82, 2.24) is 29.1 Å². The van der Waals surface area contributed by atoms with Gasteiger partial charge in [-0.15, -0.1) is 0 Å². The number of aromatic nitrogens is 6. The second-order valence-electron chi connectivity index (χ2n) is 9.05. The number of nitrogens with zero attached hydrogens (tertiary/aromatic N) is 6. The van der Waals surface area contributed by atoms with Gasteiger partial charge in [0.15, 0.2) is 17.0 Å². The summed E-state index contributed by atoms with van der Waals surface area (Å²) in [5, 5.41) is 4.26. The van der Waals surface area contributed by atoms with Crippen LogP contribution in [0.5, 0.6) is 0 Å². The summed E-state index contributed by atoms with van der Waals surface area (Å²) in [4.78, 5) is 32.3. The molecule has 2 aromatic carbocycles. The molecule has 37 heavy (non-hydrogen) atoms. The van der Waals surface area contributed by atoms with Crippen LogP contribution in [0.1, 0.15) is 50.7 Å². The third-order valence-electron chi connectivity index (χ3n) is 6.74. The van der Waals surface area contributed by atoms with Gasteiger partial charge in [0, 0.05) is 6.61 Å². The maximum atomic E-state index is 13.8. The van der Waals surface area contributed by atoms with Gasteiger partial charge in [0.1, 0.15) is 18.4 Å². The number of nitrogens with one attached hydrogen (secondary N) is 1. The molecule has 10 heteroatoms. The Morgan fingerprint density at radius 1 is 1.11 bits per heavy atom. The molecular formula is C27H26ClN7O2. The Morgan fingerprint density at radius 3 is 2.76 bits per heavy atom. The summed E-state index contributed by atoms with van der Waals surface area (Å²) < 4.78 is 9.55. The second kappa shape index (κ2) is 9.91. The number of hydrogen-bond acceptors (Lipinski definition) is 7. The molecule has 188 valence electrons. The first-order valence-electron chi connectivity index (χ1n) is 12.5. The van der Waals surface area contributed by atoms with Crippen LogP contribution < -0.4 is 10.9 Å². The molecule has 9 nitrogen and oxygen atoms in total. The van der Waals surface area contributed by atoms with Crippen molar-refractivity contribution in [2.24, 2.45) is 0 Å². The van der Waals surface area contributed by atoms with Crippen LogP contribution in [0.3, 0.4) is 0 Å². The summed E-state index contributed by atoms with van der Waals surface area (Å²) in [6, 6.07) is 14.4. The first kappa shape index (κ1) is 23.6. The van der Waals surface area contributed by atoms with Crippen LogP contribution in [-0.2, 0) is 4.74 Å².